The Labute approximate surface area is 92.6 Å². The summed E-state index contributed by atoms with van der Waals surface area (Å²) in [5, 5.41) is 9.27. The maximum absolute atomic E-state index is 9.27. The van der Waals surface area contributed by atoms with Crippen molar-refractivity contribution in [3.63, 3.8) is 0 Å². The molecule has 2 saturated carbocycles. The third-order valence-corrected chi connectivity index (χ3v) is 3.90. The van der Waals surface area contributed by atoms with Gasteiger partial charge in [0.2, 0.25) is 0 Å². The molecule has 2 unspecified atom stereocenters. The van der Waals surface area contributed by atoms with E-state index < -0.39 is 0 Å². The lowest BCUT2D eigenvalue weighted by Gasteiger charge is -2.30. The van der Waals surface area contributed by atoms with Crippen molar-refractivity contribution < 1.29 is 5.11 Å². The first-order chi connectivity index (χ1) is 7.18. The lowest BCUT2D eigenvalue weighted by atomic mass is 10.0. The van der Waals surface area contributed by atoms with Gasteiger partial charge in [-0.1, -0.05) is 6.92 Å². The molecular formula is C12H24N2O. The summed E-state index contributed by atoms with van der Waals surface area (Å²) in [7, 11) is 0. The molecule has 2 aliphatic rings. The zero-order valence-electron chi connectivity index (χ0n) is 9.78. The number of aliphatic hydroxyl groups is 1. The molecule has 0 radical (unpaired) electrons. The van der Waals surface area contributed by atoms with Crippen LogP contribution in [0.1, 0.15) is 45.4 Å². The number of rotatable bonds is 5. The van der Waals surface area contributed by atoms with Gasteiger partial charge < -0.3 is 10.8 Å². The standard InChI is InChI=1S/C12H24N2O/c1-2-7-14(10-3-4-10)11-5-6-12(13,8-11)9-15/h10-11,15H,2-9,13H2,1H3. The highest BCUT2D eigenvalue weighted by atomic mass is 16.3. The predicted octanol–water partition coefficient (Wildman–Crippen LogP) is 1.10. The van der Waals surface area contributed by atoms with Crippen LogP contribution < -0.4 is 5.73 Å². The van der Waals surface area contributed by atoms with Gasteiger partial charge in [-0.2, -0.15) is 0 Å². The molecule has 88 valence electrons. The molecule has 0 aromatic rings. The van der Waals surface area contributed by atoms with Gasteiger partial charge in [0, 0.05) is 17.6 Å². The summed E-state index contributed by atoms with van der Waals surface area (Å²) in [6.45, 7) is 3.59. The zero-order chi connectivity index (χ0) is 10.9. The Hall–Kier alpha value is -0.120. The van der Waals surface area contributed by atoms with Gasteiger partial charge in [-0.3, -0.25) is 4.90 Å². The predicted molar refractivity (Wildman–Crippen MR) is 61.7 cm³/mol. The first-order valence-electron chi connectivity index (χ1n) is 6.34. The van der Waals surface area contributed by atoms with Gasteiger partial charge >= 0.3 is 0 Å². The molecule has 15 heavy (non-hydrogen) atoms. The highest BCUT2D eigenvalue weighted by Gasteiger charge is 2.41. The fraction of sp³-hybridized carbons (Fsp3) is 1.00. The molecule has 0 aliphatic heterocycles. The molecule has 0 aromatic carbocycles. The zero-order valence-corrected chi connectivity index (χ0v) is 9.78. The fourth-order valence-electron chi connectivity index (χ4n) is 2.88. The van der Waals surface area contributed by atoms with Crippen molar-refractivity contribution in [1.82, 2.24) is 4.90 Å². The summed E-state index contributed by atoms with van der Waals surface area (Å²) in [6, 6.07) is 1.46. The molecule has 0 amide bonds. The first-order valence-corrected chi connectivity index (χ1v) is 6.34. The lowest BCUT2D eigenvalue weighted by molar-refractivity contribution is 0.159. The number of nitrogens with two attached hydrogens (primary N) is 1. The van der Waals surface area contributed by atoms with E-state index in [1.807, 2.05) is 0 Å². The molecule has 3 heteroatoms. The van der Waals surface area contributed by atoms with Crippen molar-refractivity contribution in [3.05, 3.63) is 0 Å². The van der Waals surface area contributed by atoms with E-state index in [4.69, 9.17) is 5.73 Å². The molecule has 2 atom stereocenters. The van der Waals surface area contributed by atoms with E-state index in [-0.39, 0.29) is 12.1 Å². The van der Waals surface area contributed by atoms with Crippen LogP contribution in [0.2, 0.25) is 0 Å². The first kappa shape index (κ1) is 11.4. The van der Waals surface area contributed by atoms with E-state index in [0.29, 0.717) is 6.04 Å². The minimum Gasteiger partial charge on any atom is -0.394 e. The molecule has 2 fully saturated rings. The van der Waals surface area contributed by atoms with Crippen molar-refractivity contribution >= 4 is 0 Å². The van der Waals surface area contributed by atoms with E-state index in [1.54, 1.807) is 0 Å². The van der Waals surface area contributed by atoms with Gasteiger partial charge in [0.15, 0.2) is 0 Å². The molecule has 0 spiro atoms. The molecular weight excluding hydrogens is 188 g/mol. The van der Waals surface area contributed by atoms with Crippen molar-refractivity contribution in [2.45, 2.75) is 63.1 Å². The largest absolute Gasteiger partial charge is 0.394 e. The van der Waals surface area contributed by atoms with Crippen LogP contribution in [0.5, 0.6) is 0 Å². The van der Waals surface area contributed by atoms with E-state index in [0.717, 1.165) is 18.9 Å². The van der Waals surface area contributed by atoms with E-state index in [9.17, 15) is 5.11 Å². The monoisotopic (exact) mass is 212 g/mol. The number of nitrogens with zero attached hydrogens (tertiary/aromatic N) is 1. The third-order valence-electron chi connectivity index (χ3n) is 3.90. The SMILES string of the molecule is CCCN(C1CC1)C1CCC(N)(CO)C1. The fourth-order valence-corrected chi connectivity index (χ4v) is 2.88. The second-order valence-corrected chi connectivity index (χ2v) is 5.39. The number of hydrogen-bond acceptors (Lipinski definition) is 3. The van der Waals surface area contributed by atoms with Crippen molar-refractivity contribution in [3.8, 4) is 0 Å². The Morgan fingerprint density at radius 2 is 2.07 bits per heavy atom. The Balaban J connectivity index is 1.92. The number of aliphatic hydroxyl groups excluding tert-OH is 1. The summed E-state index contributed by atoms with van der Waals surface area (Å²) >= 11 is 0. The second kappa shape index (κ2) is 4.40. The molecule has 0 saturated heterocycles. The minimum atomic E-state index is -0.286. The topological polar surface area (TPSA) is 49.5 Å². The van der Waals surface area contributed by atoms with Gasteiger partial charge in [0.1, 0.15) is 0 Å². The summed E-state index contributed by atoms with van der Waals surface area (Å²) in [4.78, 5) is 2.64. The Morgan fingerprint density at radius 3 is 2.53 bits per heavy atom. The summed E-state index contributed by atoms with van der Waals surface area (Å²) in [6.07, 6.45) is 7.11. The maximum Gasteiger partial charge on any atom is 0.0611 e. The smallest absolute Gasteiger partial charge is 0.0611 e. The molecule has 2 rings (SSSR count). The van der Waals surface area contributed by atoms with Gasteiger partial charge in [0.25, 0.3) is 0 Å². The Bertz CT molecular complexity index is 218. The third kappa shape index (κ3) is 2.52. The molecule has 3 nitrogen and oxygen atoms in total. The molecule has 0 bridgehead atoms. The van der Waals surface area contributed by atoms with Gasteiger partial charge in [-0.15, -0.1) is 0 Å². The van der Waals surface area contributed by atoms with Crippen LogP contribution in [0.15, 0.2) is 0 Å². The normalized spacial score (nSPS) is 36.4. The molecule has 0 heterocycles. The highest BCUT2D eigenvalue weighted by molar-refractivity contribution is 5.00. The summed E-state index contributed by atoms with van der Waals surface area (Å²) in [5.74, 6) is 0. The van der Waals surface area contributed by atoms with Crippen LogP contribution in [0, 0.1) is 0 Å². The maximum atomic E-state index is 9.27. The van der Waals surface area contributed by atoms with Gasteiger partial charge in [0.05, 0.1) is 6.61 Å². The van der Waals surface area contributed by atoms with Crippen LogP contribution in [-0.4, -0.2) is 40.8 Å². The van der Waals surface area contributed by atoms with Crippen LogP contribution in [0.3, 0.4) is 0 Å². The van der Waals surface area contributed by atoms with Crippen LogP contribution in [0.4, 0.5) is 0 Å². The van der Waals surface area contributed by atoms with Crippen LogP contribution in [-0.2, 0) is 0 Å². The van der Waals surface area contributed by atoms with Crippen LogP contribution >= 0.6 is 0 Å². The van der Waals surface area contributed by atoms with Gasteiger partial charge in [-0.25, -0.2) is 0 Å². The average Bonchev–Trinajstić information content (AvgIpc) is 2.99. The quantitative estimate of drug-likeness (QED) is 0.717. The second-order valence-electron chi connectivity index (χ2n) is 5.39. The average molecular weight is 212 g/mol. The van der Waals surface area contributed by atoms with E-state index in [1.165, 1.54) is 32.2 Å². The van der Waals surface area contributed by atoms with Crippen LogP contribution in [0.25, 0.3) is 0 Å². The van der Waals surface area contributed by atoms with Gasteiger partial charge in [-0.05, 0) is 45.1 Å². The molecule has 2 aliphatic carbocycles. The number of hydrogen-bond donors (Lipinski definition) is 2. The lowest BCUT2D eigenvalue weighted by Crippen LogP contribution is -2.44. The Kier molecular flexibility index (Phi) is 3.33. The van der Waals surface area contributed by atoms with Crippen molar-refractivity contribution in [1.29, 1.82) is 0 Å². The van der Waals surface area contributed by atoms with Crippen molar-refractivity contribution in [2.75, 3.05) is 13.2 Å². The van der Waals surface area contributed by atoms with E-state index in [2.05, 4.69) is 11.8 Å². The Morgan fingerprint density at radius 1 is 1.33 bits per heavy atom. The van der Waals surface area contributed by atoms with E-state index >= 15 is 0 Å². The summed E-state index contributed by atoms with van der Waals surface area (Å²) in [5.41, 5.74) is 5.84. The molecule has 0 aromatic heterocycles. The summed E-state index contributed by atoms with van der Waals surface area (Å²) < 4.78 is 0. The highest BCUT2D eigenvalue weighted by Crippen LogP contribution is 2.37. The minimum absolute atomic E-state index is 0.147. The molecule has 3 N–H and O–H groups in total. The van der Waals surface area contributed by atoms with Crippen molar-refractivity contribution in [2.24, 2.45) is 5.73 Å².